The fraction of sp³-hybridized carbons (Fsp3) is 0.167. The number of nitrogens with zero attached hydrogens (tertiary/aromatic N) is 3. The molecule has 5 N–H and O–H groups in total. The molecule has 7 heteroatoms. The molecule has 2 heterocycles. The SMILES string of the molecule is N#Cc1cnn2c1NC(N)(CN)c1ccc(Cl)cc1-2. The normalized spacial score (nSPS) is 20.1. The first-order chi connectivity index (χ1) is 9.09. The maximum Gasteiger partial charge on any atom is 0.149 e. The van der Waals surface area contributed by atoms with E-state index in [1.54, 1.807) is 16.8 Å². The van der Waals surface area contributed by atoms with Gasteiger partial charge in [-0.25, -0.2) is 4.68 Å². The Bertz CT molecular complexity index is 701. The van der Waals surface area contributed by atoms with Crippen LogP contribution in [-0.4, -0.2) is 16.3 Å². The zero-order valence-electron chi connectivity index (χ0n) is 9.89. The van der Waals surface area contributed by atoms with Gasteiger partial charge in [-0.3, -0.25) is 0 Å². The highest BCUT2D eigenvalue weighted by molar-refractivity contribution is 6.30. The summed E-state index contributed by atoms with van der Waals surface area (Å²) in [6, 6.07) is 7.39. The van der Waals surface area contributed by atoms with Crippen LogP contribution in [0.1, 0.15) is 11.1 Å². The third-order valence-electron chi connectivity index (χ3n) is 3.22. The minimum absolute atomic E-state index is 0.178. The molecule has 0 aliphatic carbocycles. The molecule has 0 saturated heterocycles. The van der Waals surface area contributed by atoms with Crippen LogP contribution in [-0.2, 0) is 5.66 Å². The van der Waals surface area contributed by atoms with Crippen molar-refractivity contribution in [3.63, 3.8) is 0 Å². The van der Waals surface area contributed by atoms with E-state index in [1.165, 1.54) is 6.20 Å². The number of anilines is 1. The van der Waals surface area contributed by atoms with Gasteiger partial charge in [-0.1, -0.05) is 17.7 Å². The van der Waals surface area contributed by atoms with Gasteiger partial charge in [0.15, 0.2) is 0 Å². The summed E-state index contributed by atoms with van der Waals surface area (Å²) in [5.74, 6) is 0.533. The molecule has 1 unspecified atom stereocenters. The Kier molecular flexibility index (Phi) is 2.50. The molecule has 0 radical (unpaired) electrons. The van der Waals surface area contributed by atoms with E-state index in [0.29, 0.717) is 16.4 Å². The molecule has 1 atom stereocenters. The lowest BCUT2D eigenvalue weighted by atomic mass is 9.96. The van der Waals surface area contributed by atoms with Crippen LogP contribution in [0.5, 0.6) is 0 Å². The monoisotopic (exact) mass is 274 g/mol. The highest BCUT2D eigenvalue weighted by Gasteiger charge is 2.36. The van der Waals surface area contributed by atoms with Crippen molar-refractivity contribution in [3.8, 4) is 11.8 Å². The summed E-state index contributed by atoms with van der Waals surface area (Å²) in [7, 11) is 0. The van der Waals surface area contributed by atoms with Crippen molar-refractivity contribution in [1.29, 1.82) is 5.26 Å². The van der Waals surface area contributed by atoms with Crippen molar-refractivity contribution in [2.75, 3.05) is 11.9 Å². The molecule has 1 aromatic carbocycles. The number of nitrogens with two attached hydrogens (primary N) is 2. The van der Waals surface area contributed by atoms with Crippen LogP contribution >= 0.6 is 11.6 Å². The van der Waals surface area contributed by atoms with Crippen LogP contribution in [0, 0.1) is 11.3 Å². The number of aromatic nitrogens is 2. The number of rotatable bonds is 1. The van der Waals surface area contributed by atoms with Crippen molar-refractivity contribution in [2.45, 2.75) is 5.66 Å². The average molecular weight is 275 g/mol. The maximum atomic E-state index is 9.09. The van der Waals surface area contributed by atoms with Gasteiger partial charge in [0.05, 0.1) is 11.9 Å². The van der Waals surface area contributed by atoms with E-state index in [9.17, 15) is 0 Å². The lowest BCUT2D eigenvalue weighted by Gasteiger charge is -2.36. The second-order valence-electron chi connectivity index (χ2n) is 4.39. The Morgan fingerprint density at radius 1 is 1.53 bits per heavy atom. The highest BCUT2D eigenvalue weighted by atomic mass is 35.5. The zero-order chi connectivity index (χ0) is 13.6. The van der Waals surface area contributed by atoms with E-state index < -0.39 is 5.66 Å². The zero-order valence-corrected chi connectivity index (χ0v) is 10.6. The fourth-order valence-corrected chi connectivity index (χ4v) is 2.40. The molecule has 0 saturated carbocycles. The van der Waals surface area contributed by atoms with E-state index in [4.69, 9.17) is 28.3 Å². The average Bonchev–Trinajstić information content (AvgIpc) is 2.81. The van der Waals surface area contributed by atoms with Crippen LogP contribution in [0.25, 0.3) is 5.69 Å². The minimum Gasteiger partial charge on any atom is -0.346 e. The third-order valence-corrected chi connectivity index (χ3v) is 3.46. The van der Waals surface area contributed by atoms with E-state index >= 15 is 0 Å². The van der Waals surface area contributed by atoms with Crippen molar-refractivity contribution in [1.82, 2.24) is 9.78 Å². The summed E-state index contributed by atoms with van der Waals surface area (Å²) >= 11 is 6.02. The molecule has 1 aromatic heterocycles. The smallest absolute Gasteiger partial charge is 0.149 e. The molecule has 0 spiro atoms. The Morgan fingerprint density at radius 2 is 2.32 bits per heavy atom. The molecule has 0 amide bonds. The number of nitrogens with one attached hydrogen (secondary N) is 1. The largest absolute Gasteiger partial charge is 0.346 e. The summed E-state index contributed by atoms with van der Waals surface area (Å²) < 4.78 is 1.61. The summed E-state index contributed by atoms with van der Waals surface area (Å²) in [5.41, 5.74) is 13.1. The van der Waals surface area contributed by atoms with Gasteiger partial charge >= 0.3 is 0 Å². The van der Waals surface area contributed by atoms with Crippen molar-refractivity contribution >= 4 is 17.4 Å². The van der Waals surface area contributed by atoms with E-state index in [1.807, 2.05) is 6.07 Å². The summed E-state index contributed by atoms with van der Waals surface area (Å²) in [4.78, 5) is 0. The van der Waals surface area contributed by atoms with Gasteiger partial charge in [0.2, 0.25) is 0 Å². The first kappa shape index (κ1) is 12.0. The quantitative estimate of drug-likeness (QED) is 0.716. The standard InChI is InChI=1S/C12H11ClN6/c13-8-1-2-9-10(3-8)19-11(7(4-14)5-17-19)18-12(9,16)6-15/h1-3,5,18H,6,15-16H2. The Morgan fingerprint density at radius 3 is 3.00 bits per heavy atom. The van der Waals surface area contributed by atoms with Gasteiger partial charge in [0, 0.05) is 17.1 Å². The first-order valence-electron chi connectivity index (χ1n) is 5.65. The van der Waals surface area contributed by atoms with Crippen LogP contribution in [0.3, 0.4) is 0 Å². The minimum atomic E-state index is -0.943. The fourth-order valence-electron chi connectivity index (χ4n) is 2.23. The van der Waals surface area contributed by atoms with Gasteiger partial charge in [-0.05, 0) is 12.1 Å². The highest BCUT2D eigenvalue weighted by Crippen LogP contribution is 2.36. The van der Waals surface area contributed by atoms with Crippen molar-refractivity contribution < 1.29 is 0 Å². The third kappa shape index (κ3) is 1.60. The Balaban J connectivity index is 2.33. The predicted octanol–water partition coefficient (Wildman–Crippen LogP) is 0.893. The maximum absolute atomic E-state index is 9.09. The van der Waals surface area contributed by atoms with E-state index in [2.05, 4.69) is 16.5 Å². The predicted molar refractivity (Wildman–Crippen MR) is 71.8 cm³/mol. The van der Waals surface area contributed by atoms with Crippen molar-refractivity contribution in [2.24, 2.45) is 11.5 Å². The molecule has 0 fully saturated rings. The molecule has 0 bridgehead atoms. The summed E-state index contributed by atoms with van der Waals surface area (Å²) in [5, 5.41) is 16.9. The van der Waals surface area contributed by atoms with Gasteiger partial charge < -0.3 is 16.8 Å². The van der Waals surface area contributed by atoms with Crippen LogP contribution in [0.4, 0.5) is 5.82 Å². The molecular formula is C12H11ClN6. The lowest BCUT2D eigenvalue weighted by Crippen LogP contribution is -2.53. The van der Waals surface area contributed by atoms with Crippen LogP contribution in [0.15, 0.2) is 24.4 Å². The van der Waals surface area contributed by atoms with Crippen molar-refractivity contribution in [3.05, 3.63) is 40.5 Å². The lowest BCUT2D eigenvalue weighted by molar-refractivity contribution is 0.502. The van der Waals surface area contributed by atoms with Gasteiger partial charge in [0.25, 0.3) is 0 Å². The number of nitriles is 1. The topological polar surface area (TPSA) is 106 Å². The molecule has 3 rings (SSSR count). The molecule has 6 nitrogen and oxygen atoms in total. The number of hydrogen-bond donors (Lipinski definition) is 3. The summed E-state index contributed by atoms with van der Waals surface area (Å²) in [6.07, 6.45) is 1.48. The molecule has 2 aromatic rings. The number of halogens is 1. The summed E-state index contributed by atoms with van der Waals surface area (Å²) in [6.45, 7) is 0.178. The molecule has 96 valence electrons. The second-order valence-corrected chi connectivity index (χ2v) is 4.83. The van der Waals surface area contributed by atoms with Gasteiger partial charge in [-0.2, -0.15) is 10.4 Å². The number of hydrogen-bond acceptors (Lipinski definition) is 5. The van der Waals surface area contributed by atoms with Gasteiger partial charge in [0.1, 0.15) is 23.1 Å². The first-order valence-corrected chi connectivity index (χ1v) is 6.02. The van der Waals surface area contributed by atoms with E-state index in [0.717, 1.165) is 11.3 Å². The molecule has 1 aliphatic rings. The van der Waals surface area contributed by atoms with Crippen LogP contribution in [0.2, 0.25) is 5.02 Å². The number of benzene rings is 1. The number of fused-ring (bicyclic) bond motifs is 3. The van der Waals surface area contributed by atoms with E-state index in [-0.39, 0.29) is 6.54 Å². The Hall–Kier alpha value is -2.07. The Labute approximate surface area is 114 Å². The van der Waals surface area contributed by atoms with Crippen LogP contribution < -0.4 is 16.8 Å². The van der Waals surface area contributed by atoms with Gasteiger partial charge in [-0.15, -0.1) is 0 Å². The molecular weight excluding hydrogens is 264 g/mol. The molecule has 19 heavy (non-hydrogen) atoms. The second kappa shape index (κ2) is 3.96. The molecule has 1 aliphatic heterocycles.